The van der Waals surface area contributed by atoms with E-state index >= 15 is 0 Å². The van der Waals surface area contributed by atoms with Crippen LogP contribution in [0.3, 0.4) is 0 Å². The van der Waals surface area contributed by atoms with Gasteiger partial charge >= 0.3 is 23.9 Å². The molecule has 0 atom stereocenters. The van der Waals surface area contributed by atoms with E-state index in [1.807, 2.05) is 0 Å². The Labute approximate surface area is 80.7 Å². The summed E-state index contributed by atoms with van der Waals surface area (Å²) in [7, 11) is 0. The molecule has 0 saturated carbocycles. The summed E-state index contributed by atoms with van der Waals surface area (Å²) < 4.78 is 0. The van der Waals surface area contributed by atoms with E-state index in [2.05, 4.69) is 0 Å². The van der Waals surface area contributed by atoms with E-state index < -0.39 is 0 Å². The van der Waals surface area contributed by atoms with Gasteiger partial charge in [0.2, 0.25) is 0 Å². The molecule has 0 aliphatic heterocycles. The summed E-state index contributed by atoms with van der Waals surface area (Å²) in [6.07, 6.45) is 0. The fourth-order valence-electron chi connectivity index (χ4n) is 0. The van der Waals surface area contributed by atoms with Crippen molar-refractivity contribution in [2.75, 3.05) is 0 Å². The molecule has 0 unspecified atom stereocenters. The molecule has 0 spiro atoms. The van der Waals surface area contributed by atoms with Gasteiger partial charge in [0.15, 0.2) is 0 Å². The predicted octanol–water partition coefficient (Wildman–Crippen LogP) is -0.924. The molecule has 0 aliphatic rings. The zero-order valence-electron chi connectivity index (χ0n) is 1.89. The van der Waals surface area contributed by atoms with Crippen molar-refractivity contribution in [3.8, 4) is 0 Å². The second-order valence-corrected chi connectivity index (χ2v) is 0. The van der Waals surface area contributed by atoms with E-state index in [4.69, 9.17) is 0 Å². The number of hydrogen-bond donors (Lipinski definition) is 0. The van der Waals surface area contributed by atoms with E-state index in [0.29, 0.717) is 0 Å². The third-order valence-electron chi connectivity index (χ3n) is 0. The molecule has 0 aromatic heterocycles. The summed E-state index contributed by atoms with van der Waals surface area (Å²) in [5, 5.41) is 0. The predicted molar refractivity (Wildman–Crippen MR) is 8.54 cm³/mol. The first kappa shape index (κ1) is 30.3. The third kappa shape index (κ3) is 8.82. The maximum Gasteiger partial charge on any atom is 0 e. The van der Waals surface area contributed by atoms with Crippen molar-refractivity contribution < 1.29 is 58.0 Å². The van der Waals surface area contributed by atoms with Crippen molar-refractivity contribution in [1.29, 1.82) is 0 Å². The molecule has 4 heteroatoms. The maximum atomic E-state index is 0. The molecule has 27 valence electrons. The smallest absolute Gasteiger partial charge is 0 e. The van der Waals surface area contributed by atoms with Crippen LogP contribution < -0.4 is 0 Å². The van der Waals surface area contributed by atoms with Crippen LogP contribution in [0, 0.1) is 0 Å². The van der Waals surface area contributed by atoms with E-state index in [-0.39, 0.29) is 81.9 Å². The van der Waals surface area contributed by atoms with Crippen LogP contribution in [0.4, 0.5) is 0 Å². The SMILES string of the molecule is [Co].[Ru].[SnH2].[Ti]. The van der Waals surface area contributed by atoms with E-state index in [0.717, 1.165) is 0 Å². The van der Waals surface area contributed by atoms with Gasteiger partial charge in [-0.25, -0.2) is 0 Å². The Bertz CT molecular complexity index is 8.00. The van der Waals surface area contributed by atoms with E-state index in [9.17, 15) is 0 Å². The molecule has 4 heavy (non-hydrogen) atoms. The first-order valence-electron chi connectivity index (χ1n) is 0. The van der Waals surface area contributed by atoms with Crippen LogP contribution in [-0.2, 0) is 58.0 Å². The van der Waals surface area contributed by atoms with Crippen molar-refractivity contribution >= 4 is 23.9 Å². The van der Waals surface area contributed by atoms with Gasteiger partial charge in [-0.05, 0) is 0 Å². The zero-order chi connectivity index (χ0) is 0. The van der Waals surface area contributed by atoms with Crippen molar-refractivity contribution in [2.45, 2.75) is 0 Å². The largest absolute Gasteiger partial charge is 0 e. The summed E-state index contributed by atoms with van der Waals surface area (Å²) in [6.45, 7) is 0. The summed E-state index contributed by atoms with van der Waals surface area (Å²) >= 11 is 0. The molecule has 0 aromatic rings. The van der Waals surface area contributed by atoms with Gasteiger partial charge in [0.1, 0.15) is 0 Å². The number of rotatable bonds is 0. The van der Waals surface area contributed by atoms with Crippen LogP contribution in [-0.4, -0.2) is 23.9 Å². The number of hydrogen-bond acceptors (Lipinski definition) is 0. The van der Waals surface area contributed by atoms with Crippen molar-refractivity contribution in [1.82, 2.24) is 0 Å². The van der Waals surface area contributed by atoms with Gasteiger partial charge in [-0.3, -0.25) is 0 Å². The minimum atomic E-state index is 0. The summed E-state index contributed by atoms with van der Waals surface area (Å²) in [4.78, 5) is 0. The van der Waals surface area contributed by atoms with Gasteiger partial charge < -0.3 is 0 Å². The van der Waals surface area contributed by atoms with Crippen LogP contribution in [0.25, 0.3) is 0 Å². The molecule has 0 aromatic carbocycles. The van der Waals surface area contributed by atoms with Crippen LogP contribution in [0.1, 0.15) is 0 Å². The molecule has 3 radical (unpaired) electrons. The molecule has 0 heterocycles. The molecule has 0 bridgehead atoms. The normalized spacial score (nSPS) is 0. The quantitative estimate of drug-likeness (QED) is 0.505. The van der Waals surface area contributed by atoms with Gasteiger partial charge in [-0.1, -0.05) is 0 Å². The van der Waals surface area contributed by atoms with Crippen LogP contribution in [0.15, 0.2) is 0 Å². The molecule has 0 saturated heterocycles. The Morgan fingerprint density at radius 3 is 1.00 bits per heavy atom. The van der Waals surface area contributed by atoms with Crippen LogP contribution >= 0.6 is 0 Å². The molecule has 0 rings (SSSR count). The molecule has 0 nitrogen and oxygen atoms in total. The van der Waals surface area contributed by atoms with Gasteiger partial charge in [-0.15, -0.1) is 0 Å². The Balaban J connectivity index is 0. The van der Waals surface area contributed by atoms with Gasteiger partial charge in [0, 0.05) is 58.0 Å². The average Bonchev–Trinajstić information content (AvgIpc) is 0. The monoisotopic (exact) mass is 331 g/mol. The van der Waals surface area contributed by atoms with E-state index in [1.165, 1.54) is 0 Å². The van der Waals surface area contributed by atoms with Crippen LogP contribution in [0.2, 0.25) is 0 Å². The molecule has 0 amide bonds. The standard InChI is InChI=1S/Co.Ru.Sn.Ti.2H. The third-order valence-corrected chi connectivity index (χ3v) is 0. The van der Waals surface area contributed by atoms with Gasteiger partial charge in [0.25, 0.3) is 0 Å². The fraction of sp³-hybridized carbons (Fsp3) is 0. The second kappa shape index (κ2) is 17.4. The Hall–Kier alpha value is 2.64. The fourth-order valence-corrected chi connectivity index (χ4v) is 0. The summed E-state index contributed by atoms with van der Waals surface area (Å²) in [5.41, 5.74) is 0. The van der Waals surface area contributed by atoms with Gasteiger partial charge in [0.05, 0.1) is 0 Å². The van der Waals surface area contributed by atoms with E-state index in [1.54, 1.807) is 0 Å². The first-order valence-corrected chi connectivity index (χ1v) is 0. The minimum absolute atomic E-state index is 0. The molecule has 0 N–H and O–H groups in total. The van der Waals surface area contributed by atoms with Crippen molar-refractivity contribution in [2.24, 2.45) is 0 Å². The second-order valence-electron chi connectivity index (χ2n) is 0. The average molecular weight is 329 g/mol. The topological polar surface area (TPSA) is 0 Å². The van der Waals surface area contributed by atoms with Crippen LogP contribution in [0.5, 0.6) is 0 Å². The molecular formula is H2CoRuSnTi. The zero-order valence-corrected chi connectivity index (χ0v) is 10.3. The molecule has 0 fully saturated rings. The van der Waals surface area contributed by atoms with Crippen molar-refractivity contribution in [3.63, 3.8) is 0 Å². The summed E-state index contributed by atoms with van der Waals surface area (Å²) in [5.74, 6) is 0. The minimum Gasteiger partial charge on any atom is 0 e. The Morgan fingerprint density at radius 1 is 1.00 bits per heavy atom. The molecule has 0 aliphatic carbocycles. The van der Waals surface area contributed by atoms with Gasteiger partial charge in [-0.2, -0.15) is 0 Å². The summed E-state index contributed by atoms with van der Waals surface area (Å²) in [6, 6.07) is 0. The maximum absolute atomic E-state index is 0. The Morgan fingerprint density at radius 2 is 1.00 bits per heavy atom. The first-order chi connectivity index (χ1) is 0. The Kier molecular flexibility index (Phi) is 132. The molecular weight excluding hydrogens is 327 g/mol. The van der Waals surface area contributed by atoms with Crippen molar-refractivity contribution in [3.05, 3.63) is 0 Å².